The van der Waals surface area contributed by atoms with Crippen LogP contribution in [0.1, 0.15) is 50.5 Å². The Balaban J connectivity index is 1.23. The fourth-order valence-electron chi connectivity index (χ4n) is 5.22. The van der Waals surface area contributed by atoms with Crippen LogP contribution in [0, 0.1) is 5.92 Å². The fourth-order valence-corrected chi connectivity index (χ4v) is 5.22. The van der Waals surface area contributed by atoms with Crippen LogP contribution in [0.2, 0.25) is 0 Å². The average Bonchev–Trinajstić information content (AvgIpc) is 3.19. The quantitative estimate of drug-likeness (QED) is 0.797. The van der Waals surface area contributed by atoms with Gasteiger partial charge >= 0.3 is 0 Å². The molecule has 0 radical (unpaired) electrons. The summed E-state index contributed by atoms with van der Waals surface area (Å²) in [6.07, 6.45) is 8.03. The Morgan fingerprint density at radius 3 is 2.66 bits per heavy atom. The zero-order valence-electron chi connectivity index (χ0n) is 17.4. The zero-order chi connectivity index (χ0) is 20.2. The van der Waals surface area contributed by atoms with Crippen molar-refractivity contribution >= 4 is 11.8 Å². The van der Waals surface area contributed by atoms with Gasteiger partial charge in [0.2, 0.25) is 11.8 Å². The molecule has 1 aromatic carbocycles. The number of amides is 2. The van der Waals surface area contributed by atoms with Crippen LogP contribution < -0.4 is 15.4 Å². The number of hydrogen-bond acceptors (Lipinski definition) is 4. The van der Waals surface area contributed by atoms with E-state index in [1.807, 2.05) is 29.2 Å². The smallest absolute Gasteiger partial charge is 0.237 e. The van der Waals surface area contributed by atoms with Crippen LogP contribution >= 0.6 is 0 Å². The molecule has 0 bridgehead atoms. The molecule has 3 fully saturated rings. The van der Waals surface area contributed by atoms with Gasteiger partial charge in [-0.3, -0.25) is 9.59 Å². The number of nitrogens with zero attached hydrogens (tertiary/aromatic N) is 1. The first-order chi connectivity index (χ1) is 14.1. The van der Waals surface area contributed by atoms with E-state index in [0.717, 1.165) is 30.6 Å². The van der Waals surface area contributed by atoms with Crippen LogP contribution in [-0.2, 0) is 16.0 Å². The molecule has 6 heteroatoms. The van der Waals surface area contributed by atoms with Gasteiger partial charge in [-0.05, 0) is 44.1 Å². The summed E-state index contributed by atoms with van der Waals surface area (Å²) in [4.78, 5) is 27.3. The van der Waals surface area contributed by atoms with Crippen molar-refractivity contribution in [3.05, 3.63) is 29.8 Å². The van der Waals surface area contributed by atoms with E-state index in [1.54, 1.807) is 7.11 Å². The largest absolute Gasteiger partial charge is 0.496 e. The van der Waals surface area contributed by atoms with Crippen LogP contribution in [-0.4, -0.2) is 55.0 Å². The number of hydrogen-bond donors (Lipinski definition) is 2. The van der Waals surface area contributed by atoms with Gasteiger partial charge in [0.1, 0.15) is 5.75 Å². The van der Waals surface area contributed by atoms with E-state index < -0.39 is 0 Å². The van der Waals surface area contributed by atoms with Crippen molar-refractivity contribution in [1.82, 2.24) is 15.5 Å². The second-order valence-corrected chi connectivity index (χ2v) is 8.76. The highest BCUT2D eigenvalue weighted by Crippen LogP contribution is 2.33. The van der Waals surface area contributed by atoms with Crippen LogP contribution in [0.15, 0.2) is 24.3 Å². The highest BCUT2D eigenvalue weighted by Gasteiger charge is 2.38. The lowest BCUT2D eigenvalue weighted by molar-refractivity contribution is -0.131. The molecule has 2 heterocycles. The molecule has 0 spiro atoms. The van der Waals surface area contributed by atoms with E-state index in [2.05, 4.69) is 10.6 Å². The molecule has 2 N–H and O–H groups in total. The predicted octanol–water partition coefficient (Wildman–Crippen LogP) is 2.27. The van der Waals surface area contributed by atoms with Gasteiger partial charge in [0.25, 0.3) is 0 Å². The number of likely N-dealkylation sites (tertiary alicyclic amines) is 1. The molecule has 6 nitrogen and oxygen atoms in total. The molecule has 29 heavy (non-hydrogen) atoms. The highest BCUT2D eigenvalue weighted by molar-refractivity contribution is 5.82. The minimum atomic E-state index is -0.0340. The molecule has 2 amide bonds. The van der Waals surface area contributed by atoms with Gasteiger partial charge in [-0.25, -0.2) is 0 Å². The van der Waals surface area contributed by atoms with Crippen LogP contribution in [0.4, 0.5) is 0 Å². The first-order valence-corrected chi connectivity index (χ1v) is 11.1. The lowest BCUT2D eigenvalue weighted by Gasteiger charge is -2.33. The number of fused-ring (bicyclic) bond motifs is 1. The SMILES string of the molecule is COc1ccccc1CC(=O)N1CCC(NC(=O)C2CC3CCCCC3N2)CC1. The van der Waals surface area contributed by atoms with Gasteiger partial charge in [0.15, 0.2) is 0 Å². The van der Waals surface area contributed by atoms with E-state index >= 15 is 0 Å². The van der Waals surface area contributed by atoms with Crippen molar-refractivity contribution in [3.8, 4) is 5.75 Å². The number of rotatable bonds is 5. The summed E-state index contributed by atoms with van der Waals surface area (Å²) in [6, 6.07) is 8.34. The Hall–Kier alpha value is -2.08. The van der Waals surface area contributed by atoms with Crippen LogP contribution in [0.5, 0.6) is 5.75 Å². The molecule has 4 rings (SSSR count). The number of benzene rings is 1. The summed E-state index contributed by atoms with van der Waals surface area (Å²) in [5, 5.41) is 6.80. The molecule has 1 saturated carbocycles. The van der Waals surface area contributed by atoms with Crippen molar-refractivity contribution in [2.75, 3.05) is 20.2 Å². The summed E-state index contributed by atoms with van der Waals surface area (Å²) in [7, 11) is 1.63. The molecule has 0 aromatic heterocycles. The topological polar surface area (TPSA) is 70.7 Å². The molecule has 1 aliphatic carbocycles. The molecule has 3 atom stereocenters. The molecule has 1 aromatic rings. The highest BCUT2D eigenvalue weighted by atomic mass is 16.5. The van der Waals surface area contributed by atoms with Crippen molar-refractivity contribution in [2.24, 2.45) is 5.92 Å². The monoisotopic (exact) mass is 399 g/mol. The minimum absolute atomic E-state index is 0.0340. The number of methoxy groups -OCH3 is 1. The lowest BCUT2D eigenvalue weighted by Crippen LogP contribution is -2.51. The molecule has 158 valence electrons. The van der Waals surface area contributed by atoms with E-state index in [4.69, 9.17) is 4.74 Å². The van der Waals surface area contributed by atoms with Crippen molar-refractivity contribution in [1.29, 1.82) is 0 Å². The molecule has 3 aliphatic rings. The normalized spacial score (nSPS) is 27.3. The van der Waals surface area contributed by atoms with Gasteiger partial charge in [0, 0.05) is 30.7 Å². The van der Waals surface area contributed by atoms with E-state index in [9.17, 15) is 9.59 Å². The minimum Gasteiger partial charge on any atom is -0.496 e. The molecule has 3 unspecified atom stereocenters. The summed E-state index contributed by atoms with van der Waals surface area (Å²) in [5.41, 5.74) is 0.921. The second kappa shape index (κ2) is 9.16. The first kappa shape index (κ1) is 20.2. The Kier molecular flexibility index (Phi) is 6.38. The van der Waals surface area contributed by atoms with Gasteiger partial charge in [-0.15, -0.1) is 0 Å². The Bertz CT molecular complexity index is 716. The van der Waals surface area contributed by atoms with Gasteiger partial charge in [-0.2, -0.15) is 0 Å². The van der Waals surface area contributed by atoms with Crippen molar-refractivity contribution in [3.63, 3.8) is 0 Å². The standard InChI is InChI=1S/C23H33N3O3/c1-29-21-9-5-3-7-17(21)15-22(27)26-12-10-18(11-13-26)24-23(28)20-14-16-6-2-4-8-19(16)25-20/h3,5,7,9,16,18-20,25H,2,4,6,8,10-15H2,1H3,(H,24,28). The summed E-state index contributed by atoms with van der Waals surface area (Å²) >= 11 is 0. The third-order valence-electron chi connectivity index (χ3n) is 6.91. The van der Waals surface area contributed by atoms with Crippen molar-refractivity contribution in [2.45, 2.75) is 69.5 Å². The summed E-state index contributed by atoms with van der Waals surface area (Å²) in [6.45, 7) is 1.39. The Morgan fingerprint density at radius 2 is 1.90 bits per heavy atom. The van der Waals surface area contributed by atoms with Crippen LogP contribution in [0.3, 0.4) is 0 Å². The summed E-state index contributed by atoms with van der Waals surface area (Å²) in [5.74, 6) is 1.71. The average molecular weight is 400 g/mol. The maximum absolute atomic E-state index is 12.7. The fraction of sp³-hybridized carbons (Fsp3) is 0.652. The van der Waals surface area contributed by atoms with Crippen molar-refractivity contribution < 1.29 is 14.3 Å². The van der Waals surface area contributed by atoms with Gasteiger partial charge in [-0.1, -0.05) is 31.0 Å². The first-order valence-electron chi connectivity index (χ1n) is 11.1. The molecule has 2 aliphatic heterocycles. The van der Waals surface area contributed by atoms with Gasteiger partial charge < -0.3 is 20.3 Å². The molecular formula is C23H33N3O3. The van der Waals surface area contributed by atoms with E-state index in [-0.39, 0.29) is 23.9 Å². The van der Waals surface area contributed by atoms with Gasteiger partial charge in [0.05, 0.1) is 19.6 Å². The maximum atomic E-state index is 12.7. The molecular weight excluding hydrogens is 366 g/mol. The lowest BCUT2D eigenvalue weighted by atomic mass is 9.85. The second-order valence-electron chi connectivity index (χ2n) is 8.76. The number of ether oxygens (including phenoxy) is 1. The third-order valence-corrected chi connectivity index (χ3v) is 6.91. The number of nitrogens with one attached hydrogen (secondary N) is 2. The Labute approximate surface area is 173 Å². The number of carbonyl (C=O) groups excluding carboxylic acids is 2. The molecule has 2 saturated heterocycles. The zero-order valence-corrected chi connectivity index (χ0v) is 17.4. The number of piperidine rings is 1. The van der Waals surface area contributed by atoms with E-state index in [0.29, 0.717) is 31.5 Å². The Morgan fingerprint density at radius 1 is 1.14 bits per heavy atom. The number of para-hydroxylation sites is 1. The number of carbonyl (C=O) groups is 2. The third kappa shape index (κ3) is 4.74. The summed E-state index contributed by atoms with van der Waals surface area (Å²) < 4.78 is 5.35. The van der Waals surface area contributed by atoms with E-state index in [1.165, 1.54) is 25.7 Å². The van der Waals surface area contributed by atoms with Crippen LogP contribution in [0.25, 0.3) is 0 Å². The predicted molar refractivity (Wildman–Crippen MR) is 112 cm³/mol. The maximum Gasteiger partial charge on any atom is 0.237 e.